The SMILES string of the molecule is CC(C)(C)[Si](C)(C)OC[C@H]1O[C@@H](n2cnc3c(N[C@H](c4ccccc4)[C@H](O)c4ccccc4)ncnc32)C[C@@H]1O[Si](C)(C)C(C)(C)C. The van der Waals surface area contributed by atoms with E-state index in [1.807, 2.05) is 65.2 Å². The number of imidazole rings is 1. The van der Waals surface area contributed by atoms with Crippen molar-refractivity contribution in [2.75, 3.05) is 11.9 Å². The number of fused-ring (bicyclic) bond motifs is 1. The van der Waals surface area contributed by atoms with Gasteiger partial charge in [0.25, 0.3) is 0 Å². The predicted molar refractivity (Wildman–Crippen MR) is 193 cm³/mol. The van der Waals surface area contributed by atoms with Gasteiger partial charge in [-0.05, 0) is 47.4 Å². The molecule has 0 saturated carbocycles. The molecule has 0 bridgehead atoms. The van der Waals surface area contributed by atoms with E-state index in [4.69, 9.17) is 18.6 Å². The Morgan fingerprint density at radius 2 is 1.47 bits per heavy atom. The second-order valence-corrected chi connectivity index (χ2v) is 25.4. The molecule has 0 unspecified atom stereocenters. The first kappa shape index (κ1) is 35.4. The lowest BCUT2D eigenvalue weighted by atomic mass is 9.96. The van der Waals surface area contributed by atoms with Gasteiger partial charge >= 0.3 is 0 Å². The molecule has 0 amide bonds. The molecule has 5 atom stereocenters. The molecular formula is C36H53N5O4Si2. The molecule has 4 aromatic rings. The van der Waals surface area contributed by atoms with Gasteiger partial charge in [-0.15, -0.1) is 0 Å². The van der Waals surface area contributed by atoms with E-state index < -0.39 is 28.8 Å². The molecule has 1 aliphatic rings. The number of hydrogen-bond donors (Lipinski definition) is 2. The van der Waals surface area contributed by atoms with Crippen LogP contribution in [0.1, 0.15) is 77.5 Å². The molecule has 1 fully saturated rings. The Balaban J connectivity index is 1.44. The average molecular weight is 676 g/mol. The van der Waals surface area contributed by atoms with E-state index in [9.17, 15) is 5.11 Å². The highest BCUT2D eigenvalue weighted by Crippen LogP contribution is 2.43. The molecule has 5 rings (SSSR count). The van der Waals surface area contributed by atoms with E-state index in [1.54, 1.807) is 6.33 Å². The quantitative estimate of drug-likeness (QED) is 0.153. The lowest BCUT2D eigenvalue weighted by Gasteiger charge is -2.40. The number of nitrogens with one attached hydrogen (secondary N) is 1. The van der Waals surface area contributed by atoms with Crippen LogP contribution in [0.5, 0.6) is 0 Å². The Bertz CT molecular complexity index is 1620. The molecule has 2 aromatic carbocycles. The van der Waals surface area contributed by atoms with Crippen LogP contribution in [-0.4, -0.2) is 60.1 Å². The van der Waals surface area contributed by atoms with Crippen molar-refractivity contribution >= 4 is 33.6 Å². The van der Waals surface area contributed by atoms with Gasteiger partial charge in [0.2, 0.25) is 0 Å². The van der Waals surface area contributed by atoms with Gasteiger partial charge < -0.3 is 24.0 Å². The van der Waals surface area contributed by atoms with Gasteiger partial charge in [-0.3, -0.25) is 4.57 Å². The topological polar surface area (TPSA) is 104 Å². The predicted octanol–water partition coefficient (Wildman–Crippen LogP) is 8.41. The van der Waals surface area contributed by atoms with Gasteiger partial charge in [0.05, 0.1) is 25.1 Å². The molecule has 1 aliphatic heterocycles. The standard InChI is InChI=1S/C36H53N5O4Si2/c1-35(2,3)46(7,8)43-22-28-27(45-47(9,10)36(4,5)6)21-29(44-28)41-24-39-31-33(37-23-38-34(31)41)40-30(25-17-13-11-14-18-25)32(42)26-19-15-12-16-20-26/h11-20,23-24,27-30,32,42H,21-22H2,1-10H3,(H,37,38,40)/t27-,28+,29+,30+,32+/m0/s1. The number of rotatable bonds is 11. The molecule has 0 aliphatic carbocycles. The summed E-state index contributed by atoms with van der Waals surface area (Å²) in [5, 5.41) is 15.2. The molecule has 254 valence electrons. The van der Waals surface area contributed by atoms with E-state index in [2.05, 4.69) is 83.0 Å². The highest BCUT2D eigenvalue weighted by molar-refractivity contribution is 6.74. The Morgan fingerprint density at radius 1 is 0.872 bits per heavy atom. The summed E-state index contributed by atoms with van der Waals surface area (Å²) in [5.41, 5.74) is 3.01. The fourth-order valence-corrected chi connectivity index (χ4v) is 7.74. The lowest BCUT2D eigenvalue weighted by molar-refractivity contribution is -0.0383. The second-order valence-electron chi connectivity index (χ2n) is 15.8. The minimum absolute atomic E-state index is 0.0605. The molecule has 11 heteroatoms. The lowest BCUT2D eigenvalue weighted by Crippen LogP contribution is -2.48. The zero-order valence-electron chi connectivity index (χ0n) is 29.7. The zero-order valence-corrected chi connectivity index (χ0v) is 31.7. The van der Waals surface area contributed by atoms with Crippen LogP contribution >= 0.6 is 0 Å². The maximum Gasteiger partial charge on any atom is 0.192 e. The fourth-order valence-electron chi connectivity index (χ4n) is 5.37. The number of aliphatic hydroxyl groups excluding tert-OH is 1. The third kappa shape index (κ3) is 7.71. The van der Waals surface area contributed by atoms with Crippen molar-refractivity contribution < 1.29 is 18.7 Å². The van der Waals surface area contributed by atoms with Crippen molar-refractivity contribution in [2.24, 2.45) is 0 Å². The van der Waals surface area contributed by atoms with Gasteiger partial charge in [0, 0.05) is 6.42 Å². The molecule has 0 spiro atoms. The van der Waals surface area contributed by atoms with E-state index >= 15 is 0 Å². The number of anilines is 1. The Morgan fingerprint density at radius 3 is 2.06 bits per heavy atom. The first-order valence-electron chi connectivity index (χ1n) is 16.7. The third-order valence-electron chi connectivity index (χ3n) is 10.4. The maximum atomic E-state index is 11.5. The highest BCUT2D eigenvalue weighted by atomic mass is 28.4. The van der Waals surface area contributed by atoms with Crippen LogP contribution in [0.3, 0.4) is 0 Å². The van der Waals surface area contributed by atoms with Crippen LogP contribution in [0.15, 0.2) is 73.3 Å². The number of aliphatic hydroxyl groups is 1. The monoisotopic (exact) mass is 675 g/mol. The summed E-state index contributed by atoms with van der Waals surface area (Å²) in [4.78, 5) is 14.0. The zero-order chi connectivity index (χ0) is 34.2. The van der Waals surface area contributed by atoms with Crippen LogP contribution in [0, 0.1) is 0 Å². The molecule has 2 N–H and O–H groups in total. The molecule has 3 heterocycles. The molecule has 2 aromatic heterocycles. The van der Waals surface area contributed by atoms with Crippen molar-refractivity contribution in [3.63, 3.8) is 0 Å². The average Bonchev–Trinajstić information content (AvgIpc) is 3.62. The Hall–Kier alpha value is -2.94. The largest absolute Gasteiger partial charge is 0.414 e. The van der Waals surface area contributed by atoms with Crippen molar-refractivity contribution in [3.05, 3.63) is 84.4 Å². The smallest absolute Gasteiger partial charge is 0.192 e. The van der Waals surface area contributed by atoms with Crippen molar-refractivity contribution in [1.29, 1.82) is 0 Å². The maximum absolute atomic E-state index is 11.5. The van der Waals surface area contributed by atoms with E-state index in [-0.39, 0.29) is 28.5 Å². The molecule has 1 saturated heterocycles. The summed E-state index contributed by atoms with van der Waals surface area (Å²) in [7, 11) is -4.11. The fraction of sp³-hybridized carbons (Fsp3) is 0.528. The number of hydrogen-bond acceptors (Lipinski definition) is 8. The first-order chi connectivity index (χ1) is 22.0. The minimum Gasteiger partial charge on any atom is -0.414 e. The summed E-state index contributed by atoms with van der Waals surface area (Å²) in [5.74, 6) is 0.544. The normalized spacial score (nSPS) is 20.8. The van der Waals surface area contributed by atoms with Crippen LogP contribution in [0.25, 0.3) is 11.2 Å². The Kier molecular flexibility index (Phi) is 10.2. The van der Waals surface area contributed by atoms with E-state index in [0.717, 1.165) is 11.1 Å². The van der Waals surface area contributed by atoms with Crippen LogP contribution in [0.4, 0.5) is 5.82 Å². The van der Waals surface area contributed by atoms with Crippen molar-refractivity contribution in [2.45, 2.75) is 115 Å². The molecular weight excluding hydrogens is 623 g/mol. The number of nitrogens with zero attached hydrogens (tertiary/aromatic N) is 4. The van der Waals surface area contributed by atoms with Gasteiger partial charge in [-0.1, -0.05) is 102 Å². The molecule has 0 radical (unpaired) electrons. The number of ether oxygens (including phenoxy) is 1. The van der Waals surface area contributed by atoms with Gasteiger partial charge in [-0.25, -0.2) is 15.0 Å². The van der Waals surface area contributed by atoms with Crippen LogP contribution < -0.4 is 5.32 Å². The van der Waals surface area contributed by atoms with E-state index in [1.165, 1.54) is 6.33 Å². The summed E-state index contributed by atoms with van der Waals surface area (Å²) >= 11 is 0. The first-order valence-corrected chi connectivity index (χ1v) is 22.5. The Labute approximate surface area is 282 Å². The summed E-state index contributed by atoms with van der Waals surface area (Å²) in [6.45, 7) is 23.2. The number of benzene rings is 2. The number of aromatic nitrogens is 4. The van der Waals surface area contributed by atoms with Crippen LogP contribution in [-0.2, 0) is 13.6 Å². The van der Waals surface area contributed by atoms with Crippen molar-refractivity contribution in [3.8, 4) is 0 Å². The third-order valence-corrected chi connectivity index (χ3v) is 19.4. The van der Waals surface area contributed by atoms with Gasteiger partial charge in [0.15, 0.2) is 33.6 Å². The van der Waals surface area contributed by atoms with Crippen molar-refractivity contribution in [1.82, 2.24) is 19.5 Å². The second kappa shape index (κ2) is 13.5. The van der Waals surface area contributed by atoms with Gasteiger partial charge in [0.1, 0.15) is 24.8 Å². The summed E-state index contributed by atoms with van der Waals surface area (Å²) in [6, 6.07) is 19.1. The minimum atomic E-state index is -2.10. The van der Waals surface area contributed by atoms with Crippen LogP contribution in [0.2, 0.25) is 36.3 Å². The summed E-state index contributed by atoms with van der Waals surface area (Å²) in [6.07, 6.45) is 2.49. The van der Waals surface area contributed by atoms with Gasteiger partial charge in [-0.2, -0.15) is 0 Å². The summed E-state index contributed by atoms with van der Waals surface area (Å²) < 4.78 is 22.5. The molecule has 47 heavy (non-hydrogen) atoms. The highest BCUT2D eigenvalue weighted by Gasteiger charge is 2.47. The van der Waals surface area contributed by atoms with E-state index in [0.29, 0.717) is 30.0 Å². The molecule has 9 nitrogen and oxygen atoms in total.